The van der Waals surface area contributed by atoms with Crippen LogP contribution in [0.15, 0.2) is 36.7 Å². The number of imidazole rings is 1. The number of aromatic nitrogens is 2. The molecule has 72 valence electrons. The summed E-state index contributed by atoms with van der Waals surface area (Å²) in [4.78, 5) is 4.22. The zero-order valence-electron chi connectivity index (χ0n) is 7.64. The molecule has 2 aromatic rings. The fourth-order valence-electron chi connectivity index (χ4n) is 1.23. The lowest BCUT2D eigenvalue weighted by molar-refractivity contribution is 0.415. The van der Waals surface area contributed by atoms with E-state index < -0.39 is 0 Å². The second kappa shape index (κ2) is 3.84. The van der Waals surface area contributed by atoms with Crippen LogP contribution in [0.1, 0.15) is 0 Å². The molecule has 4 heteroatoms. The van der Waals surface area contributed by atoms with Crippen molar-refractivity contribution in [2.45, 2.75) is 0 Å². The zero-order chi connectivity index (χ0) is 9.97. The monoisotopic (exact) mass is 252 g/mol. The molecule has 14 heavy (non-hydrogen) atoms. The highest BCUT2D eigenvalue weighted by Gasteiger charge is 2.03. The smallest absolute Gasteiger partial charge is 0.149 e. The SMILES string of the molecule is COc1ccc(-c2nccn2Br)cc1. The number of hydrogen-bond donors (Lipinski definition) is 0. The molecule has 0 saturated heterocycles. The van der Waals surface area contributed by atoms with Gasteiger partial charge in [-0.25, -0.2) is 4.98 Å². The van der Waals surface area contributed by atoms with Gasteiger partial charge in [0.05, 0.1) is 23.3 Å². The summed E-state index contributed by atoms with van der Waals surface area (Å²) in [5, 5.41) is 0. The summed E-state index contributed by atoms with van der Waals surface area (Å²) in [7, 11) is 1.65. The Labute approximate surface area is 90.7 Å². The first-order valence-electron chi connectivity index (χ1n) is 4.15. The molecule has 0 amide bonds. The predicted molar refractivity (Wildman–Crippen MR) is 58.5 cm³/mol. The number of nitrogens with zero attached hydrogens (tertiary/aromatic N) is 2. The summed E-state index contributed by atoms with van der Waals surface area (Å²) in [5.74, 6) is 1.73. The Morgan fingerprint density at radius 2 is 2.00 bits per heavy atom. The van der Waals surface area contributed by atoms with Gasteiger partial charge in [0.15, 0.2) is 0 Å². The van der Waals surface area contributed by atoms with Gasteiger partial charge in [0, 0.05) is 18.0 Å². The molecule has 1 aromatic carbocycles. The average Bonchev–Trinajstić information content (AvgIpc) is 2.65. The number of methoxy groups -OCH3 is 1. The van der Waals surface area contributed by atoms with Crippen LogP contribution in [-0.4, -0.2) is 15.7 Å². The van der Waals surface area contributed by atoms with E-state index >= 15 is 0 Å². The summed E-state index contributed by atoms with van der Waals surface area (Å²) in [6.07, 6.45) is 3.59. The molecular weight excluding hydrogens is 244 g/mol. The molecule has 0 atom stereocenters. The largest absolute Gasteiger partial charge is 0.497 e. The van der Waals surface area contributed by atoms with Crippen LogP contribution in [0, 0.1) is 0 Å². The van der Waals surface area contributed by atoms with E-state index in [4.69, 9.17) is 4.74 Å². The van der Waals surface area contributed by atoms with Crippen LogP contribution in [0.2, 0.25) is 0 Å². The van der Waals surface area contributed by atoms with Gasteiger partial charge in [-0.2, -0.15) is 0 Å². The van der Waals surface area contributed by atoms with Gasteiger partial charge in [0.1, 0.15) is 11.6 Å². The number of rotatable bonds is 2. The van der Waals surface area contributed by atoms with Crippen molar-refractivity contribution < 1.29 is 4.74 Å². The Morgan fingerprint density at radius 3 is 2.50 bits per heavy atom. The van der Waals surface area contributed by atoms with E-state index in [9.17, 15) is 0 Å². The van der Waals surface area contributed by atoms with Gasteiger partial charge in [-0.05, 0) is 24.3 Å². The topological polar surface area (TPSA) is 27.1 Å². The normalized spacial score (nSPS) is 10.1. The Bertz CT molecular complexity index is 422. The molecule has 0 saturated carbocycles. The summed E-state index contributed by atoms with van der Waals surface area (Å²) in [6, 6.07) is 7.77. The maximum absolute atomic E-state index is 5.08. The minimum atomic E-state index is 0.849. The Morgan fingerprint density at radius 1 is 1.29 bits per heavy atom. The maximum Gasteiger partial charge on any atom is 0.149 e. The molecule has 0 aliphatic heterocycles. The summed E-state index contributed by atoms with van der Waals surface area (Å²) < 4.78 is 6.88. The van der Waals surface area contributed by atoms with Crippen molar-refractivity contribution >= 4 is 16.1 Å². The van der Waals surface area contributed by atoms with E-state index in [2.05, 4.69) is 21.1 Å². The van der Waals surface area contributed by atoms with Crippen LogP contribution in [0.5, 0.6) is 5.75 Å². The van der Waals surface area contributed by atoms with Crippen molar-refractivity contribution in [3.05, 3.63) is 36.7 Å². The zero-order valence-corrected chi connectivity index (χ0v) is 9.23. The highest BCUT2D eigenvalue weighted by Crippen LogP contribution is 2.21. The molecule has 0 spiro atoms. The number of ether oxygens (including phenoxy) is 1. The predicted octanol–water partition coefficient (Wildman–Crippen LogP) is 2.72. The van der Waals surface area contributed by atoms with Gasteiger partial charge >= 0.3 is 0 Å². The van der Waals surface area contributed by atoms with Gasteiger partial charge in [0.25, 0.3) is 0 Å². The Kier molecular flexibility index (Phi) is 2.54. The molecular formula is C10H9BrN2O. The van der Waals surface area contributed by atoms with Crippen LogP contribution in [0.25, 0.3) is 11.4 Å². The van der Waals surface area contributed by atoms with E-state index in [0.29, 0.717) is 0 Å². The summed E-state index contributed by atoms with van der Waals surface area (Å²) >= 11 is 3.36. The van der Waals surface area contributed by atoms with Gasteiger partial charge < -0.3 is 4.74 Å². The first kappa shape index (κ1) is 9.27. The third-order valence-electron chi connectivity index (χ3n) is 1.94. The fraction of sp³-hybridized carbons (Fsp3) is 0.100. The van der Waals surface area contributed by atoms with Crippen LogP contribution < -0.4 is 4.74 Å². The van der Waals surface area contributed by atoms with Gasteiger partial charge in [-0.3, -0.25) is 3.59 Å². The third-order valence-corrected chi connectivity index (χ3v) is 2.52. The second-order valence-corrected chi connectivity index (χ2v) is 3.55. The van der Waals surface area contributed by atoms with Crippen molar-refractivity contribution in [1.29, 1.82) is 0 Å². The van der Waals surface area contributed by atoms with E-state index in [1.807, 2.05) is 30.5 Å². The molecule has 0 radical (unpaired) electrons. The molecule has 0 N–H and O–H groups in total. The van der Waals surface area contributed by atoms with E-state index in [1.54, 1.807) is 16.9 Å². The first-order chi connectivity index (χ1) is 6.81. The lowest BCUT2D eigenvalue weighted by atomic mass is 10.2. The van der Waals surface area contributed by atoms with Crippen LogP contribution in [0.3, 0.4) is 0 Å². The quantitative estimate of drug-likeness (QED) is 0.822. The first-order valence-corrected chi connectivity index (χ1v) is 4.86. The maximum atomic E-state index is 5.08. The standard InChI is InChI=1S/C10H9BrN2O/c1-14-9-4-2-8(3-5-9)10-12-6-7-13(10)11/h2-7H,1H3. The number of halogens is 1. The second-order valence-electron chi connectivity index (χ2n) is 2.79. The van der Waals surface area contributed by atoms with Crippen molar-refractivity contribution in [3.8, 4) is 17.1 Å². The molecule has 0 aliphatic rings. The highest BCUT2D eigenvalue weighted by atomic mass is 79.9. The van der Waals surface area contributed by atoms with Crippen molar-refractivity contribution in [3.63, 3.8) is 0 Å². The third kappa shape index (κ3) is 1.65. The fourth-order valence-corrected chi connectivity index (χ4v) is 1.63. The van der Waals surface area contributed by atoms with Crippen LogP contribution in [0.4, 0.5) is 0 Å². The number of hydrogen-bond acceptors (Lipinski definition) is 2. The Hall–Kier alpha value is -1.29. The molecule has 1 heterocycles. The average molecular weight is 253 g/mol. The lowest BCUT2D eigenvalue weighted by Gasteiger charge is -2.02. The Balaban J connectivity index is 2.39. The molecule has 0 unspecified atom stereocenters. The molecule has 0 fully saturated rings. The molecule has 3 nitrogen and oxygen atoms in total. The summed E-state index contributed by atoms with van der Waals surface area (Å²) in [6.45, 7) is 0. The van der Waals surface area contributed by atoms with Crippen molar-refractivity contribution in [2.75, 3.05) is 7.11 Å². The number of benzene rings is 1. The molecule has 2 rings (SSSR count). The van der Waals surface area contributed by atoms with Gasteiger partial charge in [-0.1, -0.05) is 0 Å². The van der Waals surface area contributed by atoms with Gasteiger partial charge in [-0.15, -0.1) is 0 Å². The van der Waals surface area contributed by atoms with Gasteiger partial charge in [0.2, 0.25) is 0 Å². The molecule has 0 bridgehead atoms. The van der Waals surface area contributed by atoms with Crippen molar-refractivity contribution in [1.82, 2.24) is 8.58 Å². The molecule has 0 aliphatic carbocycles. The minimum absolute atomic E-state index is 0.849. The highest BCUT2D eigenvalue weighted by molar-refractivity contribution is 9.08. The van der Waals surface area contributed by atoms with E-state index in [1.165, 1.54) is 0 Å². The van der Waals surface area contributed by atoms with E-state index in [-0.39, 0.29) is 0 Å². The van der Waals surface area contributed by atoms with Crippen LogP contribution >= 0.6 is 16.1 Å². The lowest BCUT2D eigenvalue weighted by Crippen LogP contribution is -1.86. The summed E-state index contributed by atoms with van der Waals surface area (Å²) in [5.41, 5.74) is 1.05. The minimum Gasteiger partial charge on any atom is -0.497 e. The van der Waals surface area contributed by atoms with Crippen molar-refractivity contribution in [2.24, 2.45) is 0 Å². The van der Waals surface area contributed by atoms with E-state index in [0.717, 1.165) is 17.1 Å². The molecule has 1 aromatic heterocycles. The van der Waals surface area contributed by atoms with Crippen LogP contribution in [-0.2, 0) is 0 Å².